The standard InChI is InChI=1S/C19H15Cl2N3O3/c1-12-5-6-13(24(25)26)9-15(12)19-8-7-14(27-19)10-22-23-11-16-17(20)3-2-4-18(16)21/h2-10,23H,11H2,1H3/b22-10-. The van der Waals surface area contributed by atoms with E-state index in [-0.39, 0.29) is 5.69 Å². The van der Waals surface area contributed by atoms with Crippen molar-refractivity contribution in [2.75, 3.05) is 0 Å². The van der Waals surface area contributed by atoms with Crippen molar-refractivity contribution in [1.82, 2.24) is 5.43 Å². The number of benzene rings is 2. The Balaban J connectivity index is 1.70. The Labute approximate surface area is 165 Å². The molecule has 27 heavy (non-hydrogen) atoms. The molecular formula is C19H15Cl2N3O3. The summed E-state index contributed by atoms with van der Waals surface area (Å²) in [7, 11) is 0. The summed E-state index contributed by atoms with van der Waals surface area (Å²) >= 11 is 12.2. The van der Waals surface area contributed by atoms with Crippen LogP contribution in [0.5, 0.6) is 0 Å². The molecule has 0 unspecified atom stereocenters. The summed E-state index contributed by atoms with van der Waals surface area (Å²) in [5.74, 6) is 1.04. The lowest BCUT2D eigenvalue weighted by Crippen LogP contribution is -2.06. The van der Waals surface area contributed by atoms with E-state index < -0.39 is 4.92 Å². The van der Waals surface area contributed by atoms with Crippen LogP contribution in [0, 0.1) is 17.0 Å². The van der Waals surface area contributed by atoms with Crippen molar-refractivity contribution in [1.29, 1.82) is 0 Å². The number of hydrazone groups is 1. The Morgan fingerprint density at radius 1 is 1.19 bits per heavy atom. The number of nitrogens with zero attached hydrogens (tertiary/aromatic N) is 2. The summed E-state index contributed by atoms with van der Waals surface area (Å²) in [6.07, 6.45) is 1.51. The molecule has 0 fully saturated rings. The summed E-state index contributed by atoms with van der Waals surface area (Å²) in [5, 5.41) is 16.2. The second-order valence-corrected chi connectivity index (χ2v) is 6.57. The van der Waals surface area contributed by atoms with Crippen molar-refractivity contribution in [2.24, 2.45) is 5.10 Å². The number of nitro groups is 1. The average Bonchev–Trinajstić information content (AvgIpc) is 3.09. The molecule has 0 saturated carbocycles. The topological polar surface area (TPSA) is 80.7 Å². The molecule has 2 aromatic carbocycles. The maximum atomic E-state index is 11.0. The van der Waals surface area contributed by atoms with Gasteiger partial charge >= 0.3 is 0 Å². The first-order valence-corrected chi connectivity index (χ1v) is 8.75. The number of nitrogens with one attached hydrogen (secondary N) is 1. The smallest absolute Gasteiger partial charge is 0.270 e. The van der Waals surface area contributed by atoms with E-state index in [1.807, 2.05) is 6.92 Å². The number of nitro benzene ring substituents is 1. The summed E-state index contributed by atoms with van der Waals surface area (Å²) in [5.41, 5.74) is 5.18. The highest BCUT2D eigenvalue weighted by atomic mass is 35.5. The number of hydrogen-bond acceptors (Lipinski definition) is 5. The zero-order chi connectivity index (χ0) is 19.4. The van der Waals surface area contributed by atoms with Gasteiger partial charge < -0.3 is 9.84 Å². The van der Waals surface area contributed by atoms with E-state index in [0.29, 0.717) is 33.7 Å². The van der Waals surface area contributed by atoms with Gasteiger partial charge in [-0.1, -0.05) is 35.3 Å². The van der Waals surface area contributed by atoms with Gasteiger partial charge in [-0.25, -0.2) is 0 Å². The third-order valence-electron chi connectivity index (χ3n) is 3.92. The molecular weight excluding hydrogens is 389 g/mol. The number of aryl methyl sites for hydroxylation is 1. The predicted octanol–water partition coefficient (Wildman–Crippen LogP) is 5.59. The van der Waals surface area contributed by atoms with E-state index in [1.165, 1.54) is 18.3 Å². The van der Waals surface area contributed by atoms with Gasteiger partial charge in [-0.3, -0.25) is 10.1 Å². The van der Waals surface area contributed by atoms with Crippen LogP contribution in [0.1, 0.15) is 16.9 Å². The monoisotopic (exact) mass is 403 g/mol. The molecule has 0 aliphatic carbocycles. The van der Waals surface area contributed by atoms with Gasteiger partial charge in [0.15, 0.2) is 0 Å². The van der Waals surface area contributed by atoms with Crippen LogP contribution in [-0.4, -0.2) is 11.1 Å². The van der Waals surface area contributed by atoms with Gasteiger partial charge in [0, 0.05) is 33.3 Å². The van der Waals surface area contributed by atoms with Crippen molar-refractivity contribution >= 4 is 35.1 Å². The maximum Gasteiger partial charge on any atom is 0.270 e. The van der Waals surface area contributed by atoms with Crippen molar-refractivity contribution in [3.63, 3.8) is 0 Å². The predicted molar refractivity (Wildman–Crippen MR) is 106 cm³/mol. The summed E-state index contributed by atoms with van der Waals surface area (Å²) in [4.78, 5) is 10.5. The van der Waals surface area contributed by atoms with E-state index in [0.717, 1.165) is 11.1 Å². The van der Waals surface area contributed by atoms with Crippen LogP contribution in [0.15, 0.2) is 58.0 Å². The molecule has 1 aromatic heterocycles. The second kappa shape index (κ2) is 8.24. The number of hydrogen-bond donors (Lipinski definition) is 1. The molecule has 0 bridgehead atoms. The number of rotatable bonds is 6. The summed E-state index contributed by atoms with van der Waals surface area (Å²) in [6, 6.07) is 13.4. The average molecular weight is 404 g/mol. The summed E-state index contributed by atoms with van der Waals surface area (Å²) < 4.78 is 5.72. The first kappa shape index (κ1) is 18.9. The van der Waals surface area contributed by atoms with Gasteiger partial charge in [-0.15, -0.1) is 0 Å². The lowest BCUT2D eigenvalue weighted by molar-refractivity contribution is -0.384. The Kier molecular flexibility index (Phi) is 5.78. The Morgan fingerprint density at radius 2 is 1.93 bits per heavy atom. The van der Waals surface area contributed by atoms with Gasteiger partial charge in [0.1, 0.15) is 11.5 Å². The van der Waals surface area contributed by atoms with Crippen LogP contribution in [0.3, 0.4) is 0 Å². The normalized spacial score (nSPS) is 11.1. The van der Waals surface area contributed by atoms with Gasteiger partial charge in [0.2, 0.25) is 0 Å². The first-order valence-electron chi connectivity index (χ1n) is 8.00. The molecule has 0 aliphatic heterocycles. The van der Waals surface area contributed by atoms with Gasteiger partial charge in [0.25, 0.3) is 5.69 Å². The maximum absolute atomic E-state index is 11.0. The van der Waals surface area contributed by atoms with Crippen LogP contribution >= 0.6 is 23.2 Å². The third-order valence-corrected chi connectivity index (χ3v) is 4.63. The van der Waals surface area contributed by atoms with Gasteiger partial charge in [-0.2, -0.15) is 5.10 Å². The van der Waals surface area contributed by atoms with E-state index >= 15 is 0 Å². The minimum absolute atomic E-state index is 0.0144. The molecule has 138 valence electrons. The molecule has 0 saturated heterocycles. The Bertz CT molecular complexity index is 995. The van der Waals surface area contributed by atoms with Crippen LogP contribution < -0.4 is 5.43 Å². The van der Waals surface area contributed by atoms with Crippen molar-refractivity contribution in [3.8, 4) is 11.3 Å². The molecule has 0 aliphatic rings. The molecule has 1 N–H and O–H groups in total. The minimum atomic E-state index is -0.433. The fourth-order valence-corrected chi connectivity index (χ4v) is 3.02. The fourth-order valence-electron chi connectivity index (χ4n) is 2.49. The highest BCUT2D eigenvalue weighted by molar-refractivity contribution is 6.35. The number of halogens is 2. The molecule has 3 rings (SSSR count). The van der Waals surface area contributed by atoms with Crippen molar-refractivity contribution in [2.45, 2.75) is 13.5 Å². The van der Waals surface area contributed by atoms with Crippen LogP contribution in [0.25, 0.3) is 11.3 Å². The molecule has 0 amide bonds. The van der Waals surface area contributed by atoms with Gasteiger partial charge in [-0.05, 0) is 36.8 Å². The highest BCUT2D eigenvalue weighted by Gasteiger charge is 2.13. The van der Waals surface area contributed by atoms with E-state index in [1.54, 1.807) is 36.4 Å². The van der Waals surface area contributed by atoms with E-state index in [9.17, 15) is 10.1 Å². The Hall–Kier alpha value is -2.83. The lowest BCUT2D eigenvalue weighted by atomic mass is 10.1. The third kappa shape index (κ3) is 4.48. The largest absolute Gasteiger partial charge is 0.455 e. The van der Waals surface area contributed by atoms with E-state index in [2.05, 4.69) is 10.5 Å². The zero-order valence-corrected chi connectivity index (χ0v) is 15.8. The number of furan rings is 1. The molecule has 6 nitrogen and oxygen atoms in total. The highest BCUT2D eigenvalue weighted by Crippen LogP contribution is 2.29. The molecule has 1 heterocycles. The fraction of sp³-hybridized carbons (Fsp3) is 0.105. The Morgan fingerprint density at radius 3 is 2.63 bits per heavy atom. The number of non-ortho nitro benzene ring substituents is 1. The second-order valence-electron chi connectivity index (χ2n) is 5.75. The molecule has 8 heteroatoms. The van der Waals surface area contributed by atoms with Crippen LogP contribution in [-0.2, 0) is 6.54 Å². The minimum Gasteiger partial charge on any atom is -0.455 e. The molecule has 3 aromatic rings. The molecule has 0 spiro atoms. The van der Waals surface area contributed by atoms with Crippen molar-refractivity contribution in [3.05, 3.63) is 85.6 Å². The van der Waals surface area contributed by atoms with Crippen molar-refractivity contribution < 1.29 is 9.34 Å². The summed E-state index contributed by atoms with van der Waals surface area (Å²) in [6.45, 7) is 2.23. The van der Waals surface area contributed by atoms with Crippen LogP contribution in [0.2, 0.25) is 10.0 Å². The molecule has 0 atom stereocenters. The first-order chi connectivity index (χ1) is 13.0. The van der Waals surface area contributed by atoms with Gasteiger partial charge in [0.05, 0.1) is 17.7 Å². The quantitative estimate of drug-likeness (QED) is 0.330. The van der Waals surface area contributed by atoms with Crippen LogP contribution in [0.4, 0.5) is 5.69 Å². The molecule has 0 radical (unpaired) electrons. The lowest BCUT2D eigenvalue weighted by Gasteiger charge is -2.05. The zero-order valence-electron chi connectivity index (χ0n) is 14.3. The van der Waals surface area contributed by atoms with E-state index in [4.69, 9.17) is 27.6 Å². The SMILES string of the molecule is Cc1ccc([N+](=O)[O-])cc1-c1ccc(/C=N\NCc2c(Cl)cccc2Cl)o1.